The second-order valence-electron chi connectivity index (χ2n) is 10.5. The zero-order valence-electron chi connectivity index (χ0n) is 22.1. The molecule has 0 bridgehead atoms. The molecule has 0 aromatic heterocycles. The summed E-state index contributed by atoms with van der Waals surface area (Å²) in [6, 6.07) is 46.8. The Bertz CT molecular complexity index is 2100. The average Bonchev–Trinajstić information content (AvgIpc) is 3.03. The molecular formula is C39H27N. The second kappa shape index (κ2) is 9.25. The van der Waals surface area contributed by atoms with Gasteiger partial charge in [0.25, 0.3) is 0 Å². The van der Waals surface area contributed by atoms with Gasteiger partial charge in [0, 0.05) is 6.54 Å². The summed E-state index contributed by atoms with van der Waals surface area (Å²) >= 11 is 0. The van der Waals surface area contributed by atoms with Crippen molar-refractivity contribution in [3.63, 3.8) is 0 Å². The summed E-state index contributed by atoms with van der Waals surface area (Å²) in [6.07, 6.45) is 6.38. The van der Waals surface area contributed by atoms with Crippen molar-refractivity contribution < 1.29 is 0 Å². The van der Waals surface area contributed by atoms with Gasteiger partial charge in [0.1, 0.15) is 0 Å². The first-order chi connectivity index (χ1) is 19.9. The van der Waals surface area contributed by atoms with Crippen molar-refractivity contribution >= 4 is 48.7 Å². The molecule has 8 rings (SSSR count). The fourth-order valence-electron chi connectivity index (χ4n) is 6.51. The third-order valence-corrected chi connectivity index (χ3v) is 8.30. The third kappa shape index (κ3) is 3.56. The minimum Gasteiger partial charge on any atom is -0.387 e. The molecule has 40 heavy (non-hydrogen) atoms. The van der Waals surface area contributed by atoms with Crippen LogP contribution >= 0.6 is 0 Å². The predicted molar refractivity (Wildman–Crippen MR) is 172 cm³/mol. The van der Waals surface area contributed by atoms with Crippen molar-refractivity contribution in [2.24, 2.45) is 0 Å². The molecule has 0 amide bonds. The summed E-state index contributed by atoms with van der Waals surface area (Å²) in [5.41, 5.74) is 7.74. The van der Waals surface area contributed by atoms with Gasteiger partial charge in [-0.05, 0) is 101 Å². The highest BCUT2D eigenvalue weighted by Gasteiger charge is 2.21. The maximum atomic E-state index is 3.43. The van der Waals surface area contributed by atoms with Crippen LogP contribution in [0.4, 0.5) is 0 Å². The fourth-order valence-corrected chi connectivity index (χ4v) is 6.51. The third-order valence-electron chi connectivity index (χ3n) is 8.30. The van der Waals surface area contributed by atoms with E-state index >= 15 is 0 Å². The summed E-state index contributed by atoms with van der Waals surface area (Å²) in [5.74, 6) is 0. The molecule has 1 nitrogen and oxygen atoms in total. The lowest BCUT2D eigenvalue weighted by atomic mass is 9.82. The number of nitrogens with one attached hydrogen (secondary N) is 1. The maximum Gasteiger partial charge on any atom is 0.0401 e. The first-order valence-electron chi connectivity index (χ1n) is 13.9. The summed E-state index contributed by atoms with van der Waals surface area (Å²) in [4.78, 5) is 0. The van der Waals surface area contributed by atoms with Crippen LogP contribution in [0.5, 0.6) is 0 Å². The van der Waals surface area contributed by atoms with E-state index in [-0.39, 0.29) is 0 Å². The highest BCUT2D eigenvalue weighted by Crippen LogP contribution is 2.47. The van der Waals surface area contributed by atoms with E-state index in [0.29, 0.717) is 0 Å². The van der Waals surface area contributed by atoms with Crippen LogP contribution in [0.1, 0.15) is 5.56 Å². The normalized spacial score (nSPS) is 13.2. The topological polar surface area (TPSA) is 12.0 Å². The van der Waals surface area contributed by atoms with Crippen molar-refractivity contribution in [2.45, 2.75) is 0 Å². The highest BCUT2D eigenvalue weighted by atomic mass is 14.8. The molecular weight excluding hydrogens is 482 g/mol. The molecule has 0 fully saturated rings. The molecule has 1 aliphatic rings. The Balaban J connectivity index is 1.55. The number of benzene rings is 7. The van der Waals surface area contributed by atoms with Crippen LogP contribution < -0.4 is 5.32 Å². The Kier molecular flexibility index (Phi) is 5.28. The van der Waals surface area contributed by atoms with Crippen LogP contribution in [-0.2, 0) is 0 Å². The van der Waals surface area contributed by atoms with Crippen LogP contribution in [0.3, 0.4) is 0 Å². The molecule has 0 spiro atoms. The monoisotopic (exact) mass is 509 g/mol. The number of fused-ring (bicyclic) bond motifs is 4. The van der Waals surface area contributed by atoms with Crippen LogP contribution in [0.25, 0.3) is 70.9 Å². The minimum atomic E-state index is 0.811. The zero-order chi connectivity index (χ0) is 26.5. The van der Waals surface area contributed by atoms with Gasteiger partial charge in [-0.3, -0.25) is 0 Å². The molecule has 0 radical (unpaired) electrons. The molecule has 0 saturated heterocycles. The number of hydrogen-bond acceptors (Lipinski definition) is 1. The van der Waals surface area contributed by atoms with E-state index in [1.165, 1.54) is 76.5 Å². The van der Waals surface area contributed by atoms with Crippen molar-refractivity contribution in [1.82, 2.24) is 5.32 Å². The molecule has 7 aromatic carbocycles. The number of allylic oxidation sites excluding steroid dienone is 2. The Labute approximate surface area is 233 Å². The molecule has 0 atom stereocenters. The molecule has 0 unspecified atom stereocenters. The van der Waals surface area contributed by atoms with Gasteiger partial charge in [-0.15, -0.1) is 0 Å². The Hall–Kier alpha value is -5.14. The van der Waals surface area contributed by atoms with Crippen molar-refractivity contribution in [3.8, 4) is 22.3 Å². The van der Waals surface area contributed by atoms with Crippen LogP contribution in [0.15, 0.2) is 146 Å². The SMILES string of the molecule is C1=CNCC(c2cc3ccccc3cc2-c2c3ccccc3c(-c3cccc4ccccc34)c3ccccc23)=C1. The molecule has 1 heteroatoms. The predicted octanol–water partition coefficient (Wildman–Crippen LogP) is 10.1. The number of dihydropyridines is 1. The van der Waals surface area contributed by atoms with E-state index in [2.05, 4.69) is 145 Å². The molecule has 0 saturated carbocycles. The molecule has 0 aliphatic carbocycles. The highest BCUT2D eigenvalue weighted by molar-refractivity contribution is 6.24. The lowest BCUT2D eigenvalue weighted by Crippen LogP contribution is -2.12. The van der Waals surface area contributed by atoms with E-state index < -0.39 is 0 Å². The quantitative estimate of drug-likeness (QED) is 0.234. The first kappa shape index (κ1) is 22.8. The van der Waals surface area contributed by atoms with E-state index in [4.69, 9.17) is 0 Å². The van der Waals surface area contributed by atoms with E-state index in [0.717, 1.165) is 6.54 Å². The molecule has 7 aromatic rings. The first-order valence-corrected chi connectivity index (χ1v) is 13.9. The second-order valence-corrected chi connectivity index (χ2v) is 10.5. The summed E-state index contributed by atoms with van der Waals surface area (Å²) in [6.45, 7) is 0.811. The smallest absolute Gasteiger partial charge is 0.0401 e. The largest absolute Gasteiger partial charge is 0.387 e. The minimum absolute atomic E-state index is 0.811. The van der Waals surface area contributed by atoms with Crippen LogP contribution in [0.2, 0.25) is 0 Å². The summed E-state index contributed by atoms with van der Waals surface area (Å²) in [7, 11) is 0. The lowest BCUT2D eigenvalue weighted by molar-refractivity contribution is 0.987. The van der Waals surface area contributed by atoms with Crippen LogP contribution in [-0.4, -0.2) is 6.54 Å². The number of rotatable bonds is 3. The lowest BCUT2D eigenvalue weighted by Gasteiger charge is -2.22. The molecule has 188 valence electrons. The maximum absolute atomic E-state index is 3.43. The Morgan fingerprint density at radius 1 is 0.425 bits per heavy atom. The van der Waals surface area contributed by atoms with Gasteiger partial charge in [0.15, 0.2) is 0 Å². The van der Waals surface area contributed by atoms with Gasteiger partial charge >= 0.3 is 0 Å². The number of hydrogen-bond donors (Lipinski definition) is 1. The summed E-state index contributed by atoms with van der Waals surface area (Å²) < 4.78 is 0. The van der Waals surface area contributed by atoms with Crippen molar-refractivity contribution in [2.75, 3.05) is 6.54 Å². The molecule has 1 aliphatic heterocycles. The summed E-state index contributed by atoms with van der Waals surface area (Å²) in [5, 5.41) is 13.6. The Morgan fingerprint density at radius 3 is 1.52 bits per heavy atom. The van der Waals surface area contributed by atoms with E-state index in [9.17, 15) is 0 Å². The van der Waals surface area contributed by atoms with E-state index in [1.54, 1.807) is 0 Å². The van der Waals surface area contributed by atoms with Gasteiger partial charge in [-0.1, -0.05) is 121 Å². The van der Waals surface area contributed by atoms with Crippen molar-refractivity contribution in [1.29, 1.82) is 0 Å². The average molecular weight is 510 g/mol. The molecule has 1 N–H and O–H groups in total. The van der Waals surface area contributed by atoms with Gasteiger partial charge < -0.3 is 5.32 Å². The standard InChI is InChI=1S/C39H27N/c1-2-13-28-24-37(36(23-27(28)12-1)29-15-10-22-40-25-29)39-34-19-7-5-17-32(34)38(33-18-6-8-20-35(33)39)31-21-9-14-26-11-3-4-16-30(26)31/h1-24,40H,25H2. The molecule has 1 heterocycles. The van der Waals surface area contributed by atoms with Gasteiger partial charge in [0.05, 0.1) is 0 Å². The van der Waals surface area contributed by atoms with Crippen molar-refractivity contribution in [3.05, 3.63) is 151 Å². The van der Waals surface area contributed by atoms with Gasteiger partial charge in [0.2, 0.25) is 0 Å². The zero-order valence-corrected chi connectivity index (χ0v) is 22.1. The van der Waals surface area contributed by atoms with Gasteiger partial charge in [-0.2, -0.15) is 0 Å². The Morgan fingerprint density at radius 2 is 0.925 bits per heavy atom. The van der Waals surface area contributed by atoms with Gasteiger partial charge in [-0.25, -0.2) is 0 Å². The van der Waals surface area contributed by atoms with E-state index in [1.807, 2.05) is 6.20 Å². The van der Waals surface area contributed by atoms with Crippen LogP contribution in [0, 0.1) is 0 Å². The fraction of sp³-hybridized carbons (Fsp3) is 0.0256.